The van der Waals surface area contributed by atoms with E-state index in [1.54, 1.807) is 0 Å². The SMILES string of the molecule is CNCC(=O)N1CCC(N2CCN(CC(=O)N3CCOCC3)CC2)CC1. The molecule has 2 amide bonds. The van der Waals surface area contributed by atoms with Gasteiger partial charge in [0.2, 0.25) is 11.8 Å². The molecule has 0 saturated carbocycles. The number of likely N-dealkylation sites (tertiary alicyclic amines) is 1. The molecule has 3 aliphatic heterocycles. The molecule has 8 heteroatoms. The molecule has 1 N–H and O–H groups in total. The van der Waals surface area contributed by atoms with E-state index in [0.717, 1.165) is 65.2 Å². The molecule has 3 heterocycles. The first kappa shape index (κ1) is 19.5. The van der Waals surface area contributed by atoms with E-state index in [1.165, 1.54) is 0 Å². The van der Waals surface area contributed by atoms with Gasteiger partial charge in [-0.15, -0.1) is 0 Å². The third kappa shape index (κ3) is 5.16. The molecule has 0 aromatic rings. The summed E-state index contributed by atoms with van der Waals surface area (Å²) < 4.78 is 5.31. The summed E-state index contributed by atoms with van der Waals surface area (Å²) in [7, 11) is 1.81. The predicted octanol–water partition coefficient (Wildman–Crippen LogP) is -1.33. The lowest BCUT2D eigenvalue weighted by atomic mass is 10.0. The number of nitrogens with one attached hydrogen (secondary N) is 1. The lowest BCUT2D eigenvalue weighted by molar-refractivity contribution is -0.137. The lowest BCUT2D eigenvalue weighted by Crippen LogP contribution is -2.55. The number of likely N-dealkylation sites (N-methyl/N-ethyl adjacent to an activating group) is 1. The number of hydrogen-bond donors (Lipinski definition) is 1. The first-order chi connectivity index (χ1) is 12.7. The molecule has 0 unspecified atom stereocenters. The molecule has 0 aromatic heterocycles. The van der Waals surface area contributed by atoms with Crippen LogP contribution in [-0.4, -0.2) is 123 Å². The van der Waals surface area contributed by atoms with Crippen LogP contribution in [-0.2, 0) is 14.3 Å². The maximum absolute atomic E-state index is 12.4. The number of carbonyl (C=O) groups excluding carboxylic acids is 2. The van der Waals surface area contributed by atoms with Crippen LogP contribution in [0.1, 0.15) is 12.8 Å². The van der Waals surface area contributed by atoms with Crippen molar-refractivity contribution >= 4 is 11.8 Å². The second-order valence-corrected chi connectivity index (χ2v) is 7.45. The average Bonchev–Trinajstić information content (AvgIpc) is 2.69. The molecule has 3 rings (SSSR count). The fourth-order valence-corrected chi connectivity index (χ4v) is 4.13. The van der Waals surface area contributed by atoms with Gasteiger partial charge in [0, 0.05) is 58.4 Å². The van der Waals surface area contributed by atoms with E-state index in [1.807, 2.05) is 16.8 Å². The van der Waals surface area contributed by atoms with Crippen LogP contribution < -0.4 is 5.32 Å². The first-order valence-corrected chi connectivity index (χ1v) is 9.91. The van der Waals surface area contributed by atoms with Gasteiger partial charge in [-0.3, -0.25) is 19.4 Å². The van der Waals surface area contributed by atoms with Crippen LogP contribution in [0.3, 0.4) is 0 Å². The summed E-state index contributed by atoms with van der Waals surface area (Å²) in [5.74, 6) is 0.440. The number of hydrogen-bond acceptors (Lipinski definition) is 6. The van der Waals surface area contributed by atoms with Gasteiger partial charge in [-0.25, -0.2) is 0 Å². The molecule has 26 heavy (non-hydrogen) atoms. The Kier molecular flexibility index (Phi) is 7.24. The Bertz CT molecular complexity index is 467. The molecular weight excluding hydrogens is 334 g/mol. The van der Waals surface area contributed by atoms with Crippen LogP contribution >= 0.6 is 0 Å². The second kappa shape index (κ2) is 9.64. The van der Waals surface area contributed by atoms with Gasteiger partial charge in [-0.1, -0.05) is 0 Å². The number of nitrogens with zero attached hydrogens (tertiary/aromatic N) is 4. The van der Waals surface area contributed by atoms with Crippen molar-refractivity contribution in [1.82, 2.24) is 24.9 Å². The van der Waals surface area contributed by atoms with Crippen molar-refractivity contribution in [3.05, 3.63) is 0 Å². The van der Waals surface area contributed by atoms with Crippen molar-refractivity contribution in [2.45, 2.75) is 18.9 Å². The highest BCUT2D eigenvalue weighted by Gasteiger charge is 2.29. The van der Waals surface area contributed by atoms with Gasteiger partial charge < -0.3 is 19.9 Å². The molecule has 8 nitrogen and oxygen atoms in total. The van der Waals surface area contributed by atoms with Crippen molar-refractivity contribution in [1.29, 1.82) is 0 Å². The summed E-state index contributed by atoms with van der Waals surface area (Å²) in [5.41, 5.74) is 0. The minimum absolute atomic E-state index is 0.206. The number of ether oxygens (including phenoxy) is 1. The van der Waals surface area contributed by atoms with Crippen LogP contribution in [0.15, 0.2) is 0 Å². The Morgan fingerprint density at radius 3 is 2.12 bits per heavy atom. The molecule has 0 atom stereocenters. The zero-order chi connectivity index (χ0) is 18.4. The van der Waals surface area contributed by atoms with E-state index in [9.17, 15) is 9.59 Å². The number of amides is 2. The maximum atomic E-state index is 12.4. The van der Waals surface area contributed by atoms with Crippen molar-refractivity contribution < 1.29 is 14.3 Å². The van der Waals surface area contributed by atoms with E-state index in [4.69, 9.17) is 4.74 Å². The quantitative estimate of drug-likeness (QED) is 0.650. The molecule has 0 bridgehead atoms. The normalized spacial score (nSPS) is 24.0. The summed E-state index contributed by atoms with van der Waals surface area (Å²) in [5, 5.41) is 2.94. The zero-order valence-corrected chi connectivity index (χ0v) is 16.0. The number of carbonyl (C=O) groups is 2. The van der Waals surface area contributed by atoms with Crippen molar-refractivity contribution in [3.63, 3.8) is 0 Å². The second-order valence-electron chi connectivity index (χ2n) is 7.45. The minimum Gasteiger partial charge on any atom is -0.378 e. The molecular formula is C18H33N5O3. The predicted molar refractivity (Wildman–Crippen MR) is 98.9 cm³/mol. The van der Waals surface area contributed by atoms with Crippen molar-refractivity contribution in [2.24, 2.45) is 0 Å². The van der Waals surface area contributed by atoms with E-state index < -0.39 is 0 Å². The average molecular weight is 367 g/mol. The van der Waals surface area contributed by atoms with Gasteiger partial charge in [0.15, 0.2) is 0 Å². The van der Waals surface area contributed by atoms with E-state index in [0.29, 0.717) is 32.3 Å². The van der Waals surface area contributed by atoms with E-state index >= 15 is 0 Å². The highest BCUT2D eigenvalue weighted by molar-refractivity contribution is 5.78. The summed E-state index contributed by atoms with van der Waals surface area (Å²) in [6, 6.07) is 0.575. The first-order valence-electron chi connectivity index (χ1n) is 9.91. The molecule has 0 radical (unpaired) electrons. The molecule has 0 spiro atoms. The van der Waals surface area contributed by atoms with Crippen LogP contribution in [0.4, 0.5) is 0 Å². The van der Waals surface area contributed by atoms with Crippen LogP contribution in [0.25, 0.3) is 0 Å². The standard InChI is InChI=1S/C18H33N5O3/c1-19-14-17(24)22-4-2-16(3-5-22)21-8-6-20(7-9-21)15-18(25)23-10-12-26-13-11-23/h16,19H,2-15H2,1H3. The van der Waals surface area contributed by atoms with Crippen molar-refractivity contribution in [2.75, 3.05) is 85.7 Å². The van der Waals surface area contributed by atoms with Gasteiger partial charge in [-0.2, -0.15) is 0 Å². The lowest BCUT2D eigenvalue weighted by Gasteiger charge is -2.43. The Morgan fingerprint density at radius 1 is 0.885 bits per heavy atom. The van der Waals surface area contributed by atoms with Gasteiger partial charge in [0.1, 0.15) is 0 Å². The third-order valence-corrected chi connectivity index (χ3v) is 5.79. The molecule has 3 saturated heterocycles. The fraction of sp³-hybridized carbons (Fsp3) is 0.889. The summed E-state index contributed by atoms with van der Waals surface area (Å²) in [6.45, 7) is 9.41. The Labute approximate surface area is 156 Å². The monoisotopic (exact) mass is 367 g/mol. The Morgan fingerprint density at radius 2 is 1.50 bits per heavy atom. The van der Waals surface area contributed by atoms with Crippen LogP contribution in [0, 0.1) is 0 Å². The number of morpholine rings is 1. The fourth-order valence-electron chi connectivity index (χ4n) is 4.13. The summed E-state index contributed by atoms with van der Waals surface area (Å²) in [4.78, 5) is 33.1. The largest absolute Gasteiger partial charge is 0.378 e. The van der Waals surface area contributed by atoms with Gasteiger partial charge >= 0.3 is 0 Å². The van der Waals surface area contributed by atoms with Gasteiger partial charge in [-0.05, 0) is 19.9 Å². The van der Waals surface area contributed by atoms with Crippen molar-refractivity contribution in [3.8, 4) is 0 Å². The zero-order valence-electron chi connectivity index (χ0n) is 16.0. The van der Waals surface area contributed by atoms with Crippen LogP contribution in [0.5, 0.6) is 0 Å². The summed E-state index contributed by atoms with van der Waals surface area (Å²) in [6.07, 6.45) is 2.12. The molecule has 0 aromatic carbocycles. The molecule has 148 valence electrons. The molecule has 3 aliphatic rings. The van der Waals surface area contributed by atoms with E-state index in [2.05, 4.69) is 15.1 Å². The Balaban J connectivity index is 1.36. The van der Waals surface area contributed by atoms with Gasteiger partial charge in [0.05, 0.1) is 26.3 Å². The number of piperidine rings is 1. The topological polar surface area (TPSA) is 68.4 Å². The van der Waals surface area contributed by atoms with E-state index in [-0.39, 0.29) is 11.8 Å². The molecule has 0 aliphatic carbocycles. The maximum Gasteiger partial charge on any atom is 0.236 e. The van der Waals surface area contributed by atoms with Gasteiger partial charge in [0.25, 0.3) is 0 Å². The Hall–Kier alpha value is -1.22. The third-order valence-electron chi connectivity index (χ3n) is 5.79. The molecule has 3 fully saturated rings. The highest BCUT2D eigenvalue weighted by atomic mass is 16.5. The van der Waals surface area contributed by atoms with Crippen LogP contribution in [0.2, 0.25) is 0 Å². The summed E-state index contributed by atoms with van der Waals surface area (Å²) >= 11 is 0. The highest BCUT2D eigenvalue weighted by Crippen LogP contribution is 2.18. The smallest absolute Gasteiger partial charge is 0.236 e. The minimum atomic E-state index is 0.206. The number of piperazine rings is 1. The number of rotatable bonds is 5.